The van der Waals surface area contributed by atoms with E-state index in [1.807, 2.05) is 40.8 Å². The number of likely N-dealkylation sites (tertiary alicyclic amines) is 1. The number of nitrogens with zero attached hydrogens (tertiary/aromatic N) is 6. The van der Waals surface area contributed by atoms with Crippen molar-refractivity contribution in [3.05, 3.63) is 41.7 Å². The Morgan fingerprint density at radius 1 is 1.24 bits per heavy atom. The lowest BCUT2D eigenvalue weighted by atomic mass is 10.2. The summed E-state index contributed by atoms with van der Waals surface area (Å²) in [6, 6.07) is 9.98. The van der Waals surface area contributed by atoms with Gasteiger partial charge in [0.15, 0.2) is 0 Å². The van der Waals surface area contributed by atoms with Crippen LogP contribution in [0.2, 0.25) is 0 Å². The first-order valence-electron chi connectivity index (χ1n) is 8.70. The molecule has 25 heavy (non-hydrogen) atoms. The molecule has 2 aromatic heterocycles. The van der Waals surface area contributed by atoms with Gasteiger partial charge in [0, 0.05) is 12.2 Å². The molecule has 4 rings (SSSR count). The van der Waals surface area contributed by atoms with E-state index in [9.17, 15) is 4.79 Å². The summed E-state index contributed by atoms with van der Waals surface area (Å²) in [4.78, 5) is 14.8. The van der Waals surface area contributed by atoms with Crippen molar-refractivity contribution in [1.82, 2.24) is 29.7 Å². The zero-order valence-electron chi connectivity index (χ0n) is 14.6. The predicted octanol–water partition coefficient (Wildman–Crippen LogP) is 1.94. The van der Waals surface area contributed by atoms with E-state index < -0.39 is 0 Å². The molecule has 1 aliphatic heterocycles. The smallest absolute Gasteiger partial charge is 0.244 e. The van der Waals surface area contributed by atoms with Crippen LogP contribution in [0.3, 0.4) is 0 Å². The Labute approximate surface area is 146 Å². The highest BCUT2D eigenvalue weighted by Crippen LogP contribution is 2.21. The average molecular weight is 338 g/mol. The fourth-order valence-corrected chi connectivity index (χ4v) is 3.67. The molecule has 7 heteroatoms. The number of benzene rings is 1. The van der Waals surface area contributed by atoms with E-state index in [2.05, 4.69) is 28.4 Å². The van der Waals surface area contributed by atoms with Gasteiger partial charge in [0.25, 0.3) is 0 Å². The number of fused-ring (bicyclic) bond motifs is 1. The number of hydrogen-bond acceptors (Lipinski definition) is 4. The van der Waals surface area contributed by atoms with Gasteiger partial charge in [-0.05, 0) is 44.9 Å². The molecular formula is C18H22N6O. The zero-order chi connectivity index (χ0) is 17.4. The van der Waals surface area contributed by atoms with Gasteiger partial charge in [0.2, 0.25) is 5.91 Å². The van der Waals surface area contributed by atoms with Crippen LogP contribution in [0.1, 0.15) is 24.2 Å². The van der Waals surface area contributed by atoms with Gasteiger partial charge in [-0.1, -0.05) is 17.3 Å². The zero-order valence-corrected chi connectivity index (χ0v) is 14.6. The molecular weight excluding hydrogens is 316 g/mol. The van der Waals surface area contributed by atoms with Crippen molar-refractivity contribution in [3.8, 4) is 0 Å². The molecule has 1 aliphatic rings. The largest absolute Gasteiger partial charge is 0.336 e. The fraction of sp³-hybridized carbons (Fsp3) is 0.444. The van der Waals surface area contributed by atoms with Gasteiger partial charge in [0.1, 0.15) is 12.1 Å². The summed E-state index contributed by atoms with van der Waals surface area (Å²) in [7, 11) is 0. The van der Waals surface area contributed by atoms with Gasteiger partial charge in [0.05, 0.1) is 23.8 Å². The predicted molar refractivity (Wildman–Crippen MR) is 94.0 cm³/mol. The highest BCUT2D eigenvalue weighted by molar-refractivity contribution is 5.80. The summed E-state index contributed by atoms with van der Waals surface area (Å²) < 4.78 is 3.70. The Morgan fingerprint density at radius 2 is 2.08 bits per heavy atom. The molecule has 3 heterocycles. The number of aromatic nitrogens is 5. The average Bonchev–Trinajstić information content (AvgIpc) is 3.28. The number of hydrogen-bond donors (Lipinski definition) is 0. The van der Waals surface area contributed by atoms with Crippen molar-refractivity contribution in [3.63, 3.8) is 0 Å². The third-order valence-electron chi connectivity index (χ3n) is 4.89. The van der Waals surface area contributed by atoms with E-state index in [4.69, 9.17) is 0 Å². The quantitative estimate of drug-likeness (QED) is 0.729. The fourth-order valence-electron chi connectivity index (χ4n) is 3.67. The Morgan fingerprint density at radius 3 is 2.88 bits per heavy atom. The van der Waals surface area contributed by atoms with E-state index in [1.54, 1.807) is 4.68 Å². The summed E-state index contributed by atoms with van der Waals surface area (Å²) in [5.41, 5.74) is 3.86. The third kappa shape index (κ3) is 3.01. The van der Waals surface area contributed by atoms with Crippen LogP contribution in [0, 0.1) is 13.8 Å². The lowest BCUT2D eigenvalue weighted by Crippen LogP contribution is -2.40. The minimum absolute atomic E-state index is 0.0969. The molecule has 7 nitrogen and oxygen atoms in total. The number of para-hydroxylation sites is 1. The number of carbonyl (C=O) groups is 1. The van der Waals surface area contributed by atoms with Gasteiger partial charge >= 0.3 is 0 Å². The first-order valence-corrected chi connectivity index (χ1v) is 8.70. The van der Waals surface area contributed by atoms with Crippen LogP contribution in [-0.4, -0.2) is 48.2 Å². The molecule has 0 radical (unpaired) electrons. The van der Waals surface area contributed by atoms with Crippen molar-refractivity contribution in [1.29, 1.82) is 0 Å². The van der Waals surface area contributed by atoms with Crippen molar-refractivity contribution in [2.75, 3.05) is 6.54 Å². The minimum Gasteiger partial charge on any atom is -0.336 e. The second-order valence-corrected chi connectivity index (χ2v) is 6.73. The monoisotopic (exact) mass is 338 g/mol. The van der Waals surface area contributed by atoms with Crippen molar-refractivity contribution < 1.29 is 4.79 Å². The molecule has 0 spiro atoms. The maximum absolute atomic E-state index is 12.9. The Bertz CT molecular complexity index is 911. The molecule has 0 unspecified atom stereocenters. The highest BCUT2D eigenvalue weighted by Gasteiger charge is 2.30. The highest BCUT2D eigenvalue weighted by atomic mass is 16.2. The second-order valence-electron chi connectivity index (χ2n) is 6.73. The topological polar surface area (TPSA) is 68.8 Å². The maximum atomic E-state index is 12.9. The molecule has 1 fully saturated rings. The van der Waals surface area contributed by atoms with E-state index >= 15 is 0 Å². The first-order chi connectivity index (χ1) is 12.1. The summed E-state index contributed by atoms with van der Waals surface area (Å²) in [5.74, 6) is 0.0969. The summed E-state index contributed by atoms with van der Waals surface area (Å²) in [5, 5.41) is 12.8. The SMILES string of the molecule is Cc1cc(C)n(C[C@@H]2CCCN2C(=O)Cn2nnc3ccccc32)n1. The third-order valence-corrected chi connectivity index (χ3v) is 4.89. The minimum atomic E-state index is 0.0969. The molecule has 0 saturated carbocycles. The van der Waals surface area contributed by atoms with Crippen LogP contribution in [0.15, 0.2) is 30.3 Å². The molecule has 0 aliphatic carbocycles. The number of carbonyl (C=O) groups excluding carboxylic acids is 1. The van der Waals surface area contributed by atoms with Crippen LogP contribution in [0.25, 0.3) is 11.0 Å². The Kier molecular flexibility index (Phi) is 3.99. The van der Waals surface area contributed by atoms with E-state index in [0.29, 0.717) is 0 Å². The van der Waals surface area contributed by atoms with Crippen LogP contribution >= 0.6 is 0 Å². The van der Waals surface area contributed by atoms with Gasteiger partial charge in [-0.2, -0.15) is 5.10 Å². The van der Waals surface area contributed by atoms with Gasteiger partial charge in [-0.15, -0.1) is 5.10 Å². The molecule has 3 aromatic rings. The molecule has 1 aromatic carbocycles. The van der Waals surface area contributed by atoms with Gasteiger partial charge < -0.3 is 4.90 Å². The summed E-state index contributed by atoms with van der Waals surface area (Å²) in [6.07, 6.45) is 2.05. The summed E-state index contributed by atoms with van der Waals surface area (Å²) >= 11 is 0. The Hall–Kier alpha value is -2.70. The Balaban J connectivity index is 1.50. The summed E-state index contributed by atoms with van der Waals surface area (Å²) in [6.45, 7) is 5.84. The molecule has 1 atom stereocenters. The standard InChI is InChI=1S/C18H22N6O/c1-13-10-14(2)23(20-13)11-15-6-5-9-22(15)18(25)12-24-17-8-4-3-7-16(17)19-21-24/h3-4,7-8,10,15H,5-6,9,11-12H2,1-2H3/t15-/m0/s1. The van der Waals surface area contributed by atoms with Crippen LogP contribution in [0.4, 0.5) is 0 Å². The van der Waals surface area contributed by atoms with Crippen molar-refractivity contribution in [2.45, 2.75) is 45.8 Å². The molecule has 1 saturated heterocycles. The molecule has 130 valence electrons. The van der Waals surface area contributed by atoms with Gasteiger partial charge in [-0.3, -0.25) is 9.48 Å². The lowest BCUT2D eigenvalue weighted by molar-refractivity contribution is -0.133. The molecule has 1 amide bonds. The van der Waals surface area contributed by atoms with Crippen molar-refractivity contribution in [2.24, 2.45) is 0 Å². The number of amides is 1. The van der Waals surface area contributed by atoms with Gasteiger partial charge in [-0.25, -0.2) is 4.68 Å². The number of rotatable bonds is 4. The van der Waals surface area contributed by atoms with Crippen molar-refractivity contribution >= 4 is 16.9 Å². The van der Waals surface area contributed by atoms with E-state index in [0.717, 1.165) is 48.4 Å². The molecule has 0 bridgehead atoms. The molecule has 0 N–H and O–H groups in total. The van der Waals surface area contributed by atoms with Crippen LogP contribution < -0.4 is 0 Å². The number of aryl methyl sites for hydroxylation is 2. The maximum Gasteiger partial charge on any atom is 0.244 e. The normalized spacial score (nSPS) is 17.5. The lowest BCUT2D eigenvalue weighted by Gasteiger charge is -2.25. The second kappa shape index (κ2) is 6.31. The van der Waals surface area contributed by atoms with Crippen LogP contribution in [0.5, 0.6) is 0 Å². The first kappa shape index (κ1) is 15.8. The van der Waals surface area contributed by atoms with E-state index in [-0.39, 0.29) is 18.5 Å². The van der Waals surface area contributed by atoms with E-state index in [1.165, 1.54) is 0 Å². The van der Waals surface area contributed by atoms with Crippen LogP contribution in [-0.2, 0) is 17.9 Å².